The van der Waals surface area contributed by atoms with Gasteiger partial charge < -0.3 is 15.4 Å². The van der Waals surface area contributed by atoms with E-state index >= 15 is 0 Å². The van der Waals surface area contributed by atoms with E-state index in [9.17, 15) is 9.59 Å². The zero-order valence-electron chi connectivity index (χ0n) is 13.6. The fourth-order valence-electron chi connectivity index (χ4n) is 2.48. The predicted octanol–water partition coefficient (Wildman–Crippen LogP) is 0.991. The summed E-state index contributed by atoms with van der Waals surface area (Å²) in [6.45, 7) is 4.88. The Hall–Kier alpha value is -2.43. The lowest BCUT2D eigenvalue weighted by atomic mass is 10.1. The molecule has 0 aliphatic carbocycles. The van der Waals surface area contributed by atoms with Crippen molar-refractivity contribution in [2.24, 2.45) is 0 Å². The molecule has 24 heavy (non-hydrogen) atoms. The fourth-order valence-corrected chi connectivity index (χ4v) is 2.48. The molecule has 0 radical (unpaired) electrons. The highest BCUT2D eigenvalue weighted by Crippen LogP contribution is 2.15. The highest BCUT2D eigenvalue weighted by molar-refractivity contribution is 6.04. The second kappa shape index (κ2) is 9.65. The van der Waals surface area contributed by atoms with Gasteiger partial charge in [-0.15, -0.1) is 0 Å². The first-order valence-corrected chi connectivity index (χ1v) is 8.05. The Kier molecular flexibility index (Phi) is 7.21. The number of benzene rings is 1. The van der Waals surface area contributed by atoms with Crippen LogP contribution < -0.4 is 10.6 Å². The Morgan fingerprint density at radius 2 is 2.00 bits per heavy atom. The summed E-state index contributed by atoms with van der Waals surface area (Å²) in [5.74, 6) is -0.657. The van der Waals surface area contributed by atoms with Crippen molar-refractivity contribution >= 4 is 17.5 Å². The molecule has 1 aromatic carbocycles. The molecule has 7 heteroatoms. The molecular formula is C17H22N4O3. The lowest BCUT2D eigenvalue weighted by Gasteiger charge is -2.26. The number of hydrogen-bond acceptors (Lipinski definition) is 5. The first-order chi connectivity index (χ1) is 11.7. The molecule has 0 saturated carbocycles. The molecule has 0 spiro atoms. The van der Waals surface area contributed by atoms with Gasteiger partial charge in [-0.3, -0.25) is 14.5 Å². The molecule has 1 aromatic rings. The van der Waals surface area contributed by atoms with Crippen molar-refractivity contribution in [2.45, 2.75) is 12.8 Å². The maximum atomic E-state index is 12.3. The van der Waals surface area contributed by atoms with Crippen molar-refractivity contribution < 1.29 is 14.3 Å². The Morgan fingerprint density at radius 3 is 2.75 bits per heavy atom. The van der Waals surface area contributed by atoms with E-state index in [1.807, 2.05) is 0 Å². The minimum absolute atomic E-state index is 0.232. The molecule has 1 fully saturated rings. The fraction of sp³-hybridized carbons (Fsp3) is 0.471. The topological polar surface area (TPSA) is 94.5 Å². The zero-order chi connectivity index (χ0) is 17.2. The summed E-state index contributed by atoms with van der Waals surface area (Å²) < 4.78 is 5.30. The molecule has 1 aliphatic heterocycles. The standard InChI is InChI=1S/C17H22N4O3/c18-7-6-16(22)20-15-5-2-1-4-14(15)17(23)19-8-3-9-21-10-12-24-13-11-21/h1-2,4-5H,3,6,8-13H2,(H,19,23)(H,20,22). The summed E-state index contributed by atoms with van der Waals surface area (Å²) in [5, 5.41) is 14.0. The summed E-state index contributed by atoms with van der Waals surface area (Å²) >= 11 is 0. The molecule has 2 N–H and O–H groups in total. The normalized spacial score (nSPS) is 14.6. The van der Waals surface area contributed by atoms with Crippen molar-refractivity contribution in [1.82, 2.24) is 10.2 Å². The van der Waals surface area contributed by atoms with Gasteiger partial charge in [0.25, 0.3) is 5.91 Å². The van der Waals surface area contributed by atoms with Gasteiger partial charge in [0.2, 0.25) is 5.91 Å². The summed E-state index contributed by atoms with van der Waals surface area (Å²) in [6.07, 6.45) is 0.615. The van der Waals surface area contributed by atoms with Crippen LogP contribution in [0, 0.1) is 11.3 Å². The summed E-state index contributed by atoms with van der Waals surface area (Å²) in [7, 11) is 0. The highest BCUT2D eigenvalue weighted by atomic mass is 16.5. The third-order valence-electron chi connectivity index (χ3n) is 3.73. The smallest absolute Gasteiger partial charge is 0.253 e. The maximum Gasteiger partial charge on any atom is 0.253 e. The first-order valence-electron chi connectivity index (χ1n) is 8.05. The molecule has 1 saturated heterocycles. The van der Waals surface area contributed by atoms with E-state index in [2.05, 4.69) is 15.5 Å². The number of ether oxygens (including phenoxy) is 1. The van der Waals surface area contributed by atoms with Gasteiger partial charge in [0, 0.05) is 19.6 Å². The SMILES string of the molecule is N#CCC(=O)Nc1ccccc1C(=O)NCCCN1CCOCC1. The second-order valence-electron chi connectivity index (χ2n) is 5.49. The number of rotatable bonds is 7. The molecule has 0 bridgehead atoms. The quantitative estimate of drug-likeness (QED) is 0.727. The van der Waals surface area contributed by atoms with Crippen LogP contribution in [0.5, 0.6) is 0 Å². The number of anilines is 1. The Bertz CT molecular complexity index is 606. The van der Waals surface area contributed by atoms with Crippen molar-refractivity contribution in [3.05, 3.63) is 29.8 Å². The zero-order valence-corrected chi connectivity index (χ0v) is 13.6. The van der Waals surface area contributed by atoms with Gasteiger partial charge in [-0.05, 0) is 25.1 Å². The third kappa shape index (κ3) is 5.65. The van der Waals surface area contributed by atoms with Crippen LogP contribution >= 0.6 is 0 Å². The summed E-state index contributed by atoms with van der Waals surface area (Å²) in [6, 6.07) is 8.56. The average molecular weight is 330 g/mol. The lowest BCUT2D eigenvalue weighted by molar-refractivity contribution is -0.115. The summed E-state index contributed by atoms with van der Waals surface area (Å²) in [5.41, 5.74) is 0.818. The van der Waals surface area contributed by atoms with Crippen LogP contribution in [-0.2, 0) is 9.53 Å². The van der Waals surface area contributed by atoms with Gasteiger partial charge >= 0.3 is 0 Å². The van der Waals surface area contributed by atoms with Crippen LogP contribution in [0.15, 0.2) is 24.3 Å². The molecule has 2 amide bonds. The monoisotopic (exact) mass is 330 g/mol. The molecule has 7 nitrogen and oxygen atoms in total. The van der Waals surface area contributed by atoms with Gasteiger partial charge in [-0.1, -0.05) is 12.1 Å². The van der Waals surface area contributed by atoms with Crippen molar-refractivity contribution in [3.8, 4) is 6.07 Å². The number of hydrogen-bond donors (Lipinski definition) is 2. The van der Waals surface area contributed by atoms with E-state index in [0.29, 0.717) is 17.8 Å². The number of para-hydroxylation sites is 1. The minimum atomic E-state index is -0.426. The van der Waals surface area contributed by atoms with Gasteiger partial charge in [-0.2, -0.15) is 5.26 Å². The first kappa shape index (κ1) is 17.9. The third-order valence-corrected chi connectivity index (χ3v) is 3.73. The second-order valence-corrected chi connectivity index (χ2v) is 5.49. The van der Waals surface area contributed by atoms with Crippen molar-refractivity contribution in [2.75, 3.05) is 44.7 Å². The van der Waals surface area contributed by atoms with E-state index in [0.717, 1.165) is 39.3 Å². The van der Waals surface area contributed by atoms with E-state index in [4.69, 9.17) is 10.00 Å². The average Bonchev–Trinajstić information content (AvgIpc) is 2.60. The number of morpholine rings is 1. The summed E-state index contributed by atoms with van der Waals surface area (Å²) in [4.78, 5) is 26.1. The number of carbonyl (C=O) groups excluding carboxylic acids is 2. The minimum Gasteiger partial charge on any atom is -0.379 e. The number of nitriles is 1. The Morgan fingerprint density at radius 1 is 1.25 bits per heavy atom. The number of nitrogens with zero attached hydrogens (tertiary/aromatic N) is 2. The number of amides is 2. The van der Waals surface area contributed by atoms with Crippen molar-refractivity contribution in [3.63, 3.8) is 0 Å². The molecule has 0 unspecified atom stereocenters. The maximum absolute atomic E-state index is 12.3. The van der Waals surface area contributed by atoms with E-state index in [-0.39, 0.29) is 12.3 Å². The Balaban J connectivity index is 1.81. The lowest BCUT2D eigenvalue weighted by Crippen LogP contribution is -2.38. The molecule has 2 rings (SSSR count). The van der Waals surface area contributed by atoms with Crippen LogP contribution in [0.4, 0.5) is 5.69 Å². The molecule has 128 valence electrons. The van der Waals surface area contributed by atoms with Gasteiger partial charge in [0.05, 0.1) is 30.5 Å². The van der Waals surface area contributed by atoms with Gasteiger partial charge in [0.15, 0.2) is 0 Å². The van der Waals surface area contributed by atoms with Crippen LogP contribution in [0.25, 0.3) is 0 Å². The van der Waals surface area contributed by atoms with Gasteiger partial charge in [-0.25, -0.2) is 0 Å². The van der Waals surface area contributed by atoms with Crippen molar-refractivity contribution in [1.29, 1.82) is 5.26 Å². The van der Waals surface area contributed by atoms with Crippen LogP contribution in [0.1, 0.15) is 23.2 Å². The van der Waals surface area contributed by atoms with E-state index in [1.54, 1.807) is 30.3 Å². The number of carbonyl (C=O) groups is 2. The largest absolute Gasteiger partial charge is 0.379 e. The molecule has 1 aliphatic rings. The molecule has 0 aromatic heterocycles. The predicted molar refractivity (Wildman–Crippen MR) is 89.5 cm³/mol. The highest BCUT2D eigenvalue weighted by Gasteiger charge is 2.13. The van der Waals surface area contributed by atoms with Crippen LogP contribution in [0.2, 0.25) is 0 Å². The van der Waals surface area contributed by atoms with Gasteiger partial charge in [0.1, 0.15) is 6.42 Å². The van der Waals surface area contributed by atoms with Crippen LogP contribution in [-0.4, -0.2) is 56.1 Å². The molecule has 1 heterocycles. The van der Waals surface area contributed by atoms with E-state index < -0.39 is 5.91 Å². The molecule has 0 atom stereocenters. The Labute approximate surface area is 141 Å². The molecular weight excluding hydrogens is 308 g/mol. The number of nitrogens with one attached hydrogen (secondary N) is 2. The van der Waals surface area contributed by atoms with E-state index in [1.165, 1.54) is 0 Å². The van der Waals surface area contributed by atoms with Crippen LogP contribution in [0.3, 0.4) is 0 Å².